The lowest BCUT2D eigenvalue weighted by Crippen LogP contribution is -2.44. The summed E-state index contributed by atoms with van der Waals surface area (Å²) in [6, 6.07) is 23.8. The van der Waals surface area contributed by atoms with Gasteiger partial charge in [-0.2, -0.15) is 0 Å². The second kappa shape index (κ2) is 9.72. The van der Waals surface area contributed by atoms with Gasteiger partial charge in [0.15, 0.2) is 0 Å². The van der Waals surface area contributed by atoms with E-state index in [0.717, 1.165) is 28.2 Å². The molecular weight excluding hydrogens is 443 g/mol. The second-order valence-corrected chi connectivity index (χ2v) is 8.84. The summed E-state index contributed by atoms with van der Waals surface area (Å²) in [6.45, 7) is 3.31. The van der Waals surface area contributed by atoms with Crippen LogP contribution in [0.1, 0.15) is 17.0 Å². The molecule has 5 rings (SSSR count). The average Bonchev–Trinajstić information content (AvgIpc) is 3.23. The number of rotatable bonds is 6. The first-order valence-corrected chi connectivity index (χ1v) is 11.7. The Hall–Kier alpha value is -3.97. The van der Waals surface area contributed by atoms with Gasteiger partial charge in [0.25, 0.3) is 5.91 Å². The lowest BCUT2D eigenvalue weighted by molar-refractivity contribution is -0.141. The normalized spacial score (nSPS) is 13.9. The SMILES string of the molecule is Cc1ccc(Nc2c(-c3ccc(F)cc3)nc3n2CCN(C(=O)C(O)Cc2ccccc2)C3)cc1. The molecule has 4 aromatic rings. The Morgan fingerprint density at radius 2 is 1.74 bits per heavy atom. The summed E-state index contributed by atoms with van der Waals surface area (Å²) in [6.07, 6.45) is -0.841. The van der Waals surface area contributed by atoms with Gasteiger partial charge in [-0.3, -0.25) is 4.79 Å². The van der Waals surface area contributed by atoms with Gasteiger partial charge >= 0.3 is 0 Å². The molecule has 0 saturated heterocycles. The first kappa shape index (κ1) is 22.8. The summed E-state index contributed by atoms with van der Waals surface area (Å²) in [7, 11) is 0. The van der Waals surface area contributed by atoms with Crippen molar-refractivity contribution < 1.29 is 14.3 Å². The molecule has 35 heavy (non-hydrogen) atoms. The molecule has 0 fully saturated rings. The lowest BCUT2D eigenvalue weighted by Gasteiger charge is -2.30. The number of amides is 1. The van der Waals surface area contributed by atoms with Crippen molar-refractivity contribution in [3.8, 4) is 11.3 Å². The maximum Gasteiger partial charge on any atom is 0.252 e. The molecule has 6 nitrogen and oxygen atoms in total. The molecule has 0 saturated carbocycles. The van der Waals surface area contributed by atoms with Crippen molar-refractivity contribution in [2.24, 2.45) is 0 Å². The summed E-state index contributed by atoms with van der Waals surface area (Å²) < 4.78 is 15.6. The topological polar surface area (TPSA) is 70.4 Å². The number of aryl methyl sites for hydroxylation is 1. The van der Waals surface area contributed by atoms with Gasteiger partial charge < -0.3 is 19.9 Å². The van der Waals surface area contributed by atoms with E-state index in [0.29, 0.717) is 24.6 Å². The Labute approximate surface area is 203 Å². The number of carbonyl (C=O) groups is 1. The molecular formula is C28H27FN4O2. The Morgan fingerprint density at radius 3 is 2.46 bits per heavy atom. The Kier molecular flexibility index (Phi) is 6.33. The molecule has 2 N–H and O–H groups in total. The van der Waals surface area contributed by atoms with E-state index in [2.05, 4.69) is 9.88 Å². The van der Waals surface area contributed by atoms with E-state index in [-0.39, 0.29) is 24.7 Å². The lowest BCUT2D eigenvalue weighted by atomic mass is 10.1. The maximum atomic E-state index is 13.6. The van der Waals surface area contributed by atoms with Crippen LogP contribution >= 0.6 is 0 Å². The molecule has 1 unspecified atom stereocenters. The van der Waals surface area contributed by atoms with Crippen molar-refractivity contribution in [1.82, 2.24) is 14.5 Å². The Bertz CT molecular complexity index is 1320. The summed E-state index contributed by atoms with van der Waals surface area (Å²) in [5.41, 5.74) is 4.46. The summed E-state index contributed by atoms with van der Waals surface area (Å²) in [5.74, 6) is 0.896. The van der Waals surface area contributed by atoms with Gasteiger partial charge in [0.1, 0.15) is 29.3 Å². The molecule has 0 radical (unpaired) electrons. The number of hydrogen-bond donors (Lipinski definition) is 2. The van der Waals surface area contributed by atoms with Crippen LogP contribution in [0.15, 0.2) is 78.9 Å². The number of halogens is 1. The highest BCUT2D eigenvalue weighted by atomic mass is 19.1. The molecule has 1 aliphatic rings. The number of fused-ring (bicyclic) bond motifs is 1. The number of nitrogens with zero attached hydrogens (tertiary/aromatic N) is 3. The maximum absolute atomic E-state index is 13.6. The number of aromatic nitrogens is 2. The zero-order valence-electron chi connectivity index (χ0n) is 19.5. The molecule has 1 atom stereocenters. The van der Waals surface area contributed by atoms with Gasteiger partial charge in [0.2, 0.25) is 0 Å². The third-order valence-corrected chi connectivity index (χ3v) is 6.27. The molecule has 1 aromatic heterocycles. The third kappa shape index (κ3) is 4.95. The smallest absolute Gasteiger partial charge is 0.252 e. The first-order valence-electron chi connectivity index (χ1n) is 11.7. The van der Waals surface area contributed by atoms with Crippen molar-refractivity contribution in [1.29, 1.82) is 0 Å². The standard InChI is InChI=1S/C28H27FN4O2/c1-19-7-13-23(14-8-19)30-27-26(21-9-11-22(29)12-10-21)31-25-18-32(15-16-33(25)27)28(35)24(34)17-20-5-3-2-4-6-20/h2-14,24,30,34H,15-18H2,1H3. The van der Waals surface area contributed by atoms with Crippen LogP contribution in [0.5, 0.6) is 0 Å². The molecule has 0 aliphatic carbocycles. The van der Waals surface area contributed by atoms with Crippen molar-refractivity contribution >= 4 is 17.4 Å². The highest BCUT2D eigenvalue weighted by Crippen LogP contribution is 2.33. The molecule has 1 aliphatic heterocycles. The number of benzene rings is 3. The molecule has 0 spiro atoms. The molecule has 1 amide bonds. The van der Waals surface area contributed by atoms with E-state index >= 15 is 0 Å². The first-order chi connectivity index (χ1) is 17.0. The number of aliphatic hydroxyl groups is 1. The fourth-order valence-electron chi connectivity index (χ4n) is 4.36. The van der Waals surface area contributed by atoms with Crippen molar-refractivity contribution in [3.63, 3.8) is 0 Å². The van der Waals surface area contributed by atoms with Crippen LogP contribution in [-0.2, 0) is 24.3 Å². The quantitative estimate of drug-likeness (QED) is 0.429. The fraction of sp³-hybridized carbons (Fsp3) is 0.214. The Morgan fingerprint density at radius 1 is 1.03 bits per heavy atom. The summed E-state index contributed by atoms with van der Waals surface area (Å²) in [5, 5.41) is 14.1. The van der Waals surface area contributed by atoms with Crippen LogP contribution in [0.3, 0.4) is 0 Å². The van der Waals surface area contributed by atoms with Gasteiger partial charge in [0.05, 0.1) is 6.54 Å². The number of anilines is 2. The highest BCUT2D eigenvalue weighted by molar-refractivity contribution is 5.81. The monoisotopic (exact) mass is 470 g/mol. The predicted octanol–water partition coefficient (Wildman–Crippen LogP) is 4.69. The van der Waals surface area contributed by atoms with E-state index in [1.807, 2.05) is 61.5 Å². The summed E-state index contributed by atoms with van der Waals surface area (Å²) >= 11 is 0. The van der Waals surface area contributed by atoms with E-state index in [1.165, 1.54) is 12.1 Å². The van der Waals surface area contributed by atoms with Crippen LogP contribution in [0, 0.1) is 12.7 Å². The number of hydrogen-bond acceptors (Lipinski definition) is 4. The highest BCUT2D eigenvalue weighted by Gasteiger charge is 2.30. The number of carbonyl (C=O) groups excluding carboxylic acids is 1. The third-order valence-electron chi connectivity index (χ3n) is 6.27. The fourth-order valence-corrected chi connectivity index (χ4v) is 4.36. The largest absolute Gasteiger partial charge is 0.383 e. The van der Waals surface area contributed by atoms with Crippen LogP contribution in [0.25, 0.3) is 11.3 Å². The minimum absolute atomic E-state index is 0.270. The predicted molar refractivity (Wildman–Crippen MR) is 134 cm³/mol. The second-order valence-electron chi connectivity index (χ2n) is 8.84. The number of imidazole rings is 1. The van der Waals surface area contributed by atoms with E-state index in [9.17, 15) is 14.3 Å². The van der Waals surface area contributed by atoms with E-state index < -0.39 is 6.10 Å². The molecule has 178 valence electrons. The van der Waals surface area contributed by atoms with Gasteiger partial charge in [0, 0.05) is 30.8 Å². The van der Waals surface area contributed by atoms with Gasteiger partial charge in [-0.15, -0.1) is 0 Å². The van der Waals surface area contributed by atoms with Gasteiger partial charge in [-0.05, 0) is 48.9 Å². The van der Waals surface area contributed by atoms with Gasteiger partial charge in [-0.25, -0.2) is 9.37 Å². The number of aliphatic hydroxyl groups excluding tert-OH is 1. The van der Waals surface area contributed by atoms with Crippen LogP contribution in [0.4, 0.5) is 15.9 Å². The molecule has 0 bridgehead atoms. The van der Waals surface area contributed by atoms with Crippen LogP contribution < -0.4 is 5.32 Å². The van der Waals surface area contributed by atoms with Crippen molar-refractivity contribution in [3.05, 3.63) is 102 Å². The van der Waals surface area contributed by atoms with Crippen molar-refractivity contribution in [2.75, 3.05) is 11.9 Å². The minimum atomic E-state index is -1.11. The van der Waals surface area contributed by atoms with Crippen LogP contribution in [-0.4, -0.2) is 38.1 Å². The van der Waals surface area contributed by atoms with Crippen molar-refractivity contribution in [2.45, 2.75) is 32.5 Å². The van der Waals surface area contributed by atoms with E-state index in [1.54, 1.807) is 17.0 Å². The minimum Gasteiger partial charge on any atom is -0.383 e. The molecule has 7 heteroatoms. The Balaban J connectivity index is 1.42. The van der Waals surface area contributed by atoms with Crippen LogP contribution in [0.2, 0.25) is 0 Å². The molecule has 3 aromatic carbocycles. The summed E-state index contributed by atoms with van der Waals surface area (Å²) in [4.78, 5) is 19.5. The zero-order valence-corrected chi connectivity index (χ0v) is 19.5. The number of nitrogens with one attached hydrogen (secondary N) is 1. The molecule has 2 heterocycles. The zero-order chi connectivity index (χ0) is 24.4. The average molecular weight is 471 g/mol. The van der Waals surface area contributed by atoms with Gasteiger partial charge in [-0.1, -0.05) is 48.0 Å². The van der Waals surface area contributed by atoms with E-state index in [4.69, 9.17) is 4.98 Å².